The number of nitrogens with one attached hydrogen (secondary N) is 2. The predicted molar refractivity (Wildman–Crippen MR) is 88.1 cm³/mol. The number of amides is 1. The molecule has 2 aromatic heterocycles. The standard InChI is InChI=1S/C15H19N3OS2/c1-9-8-11(5-6-16-9)18-14(19)13-10(2)17-15(21-13)12-4-3-7-20-12/h3-4,7,9,11,16H,5-6,8H2,1-2H3,(H,18,19). The Labute approximate surface area is 132 Å². The van der Waals surface area contributed by atoms with Gasteiger partial charge < -0.3 is 10.6 Å². The summed E-state index contributed by atoms with van der Waals surface area (Å²) >= 11 is 3.14. The second-order valence-corrected chi connectivity index (χ2v) is 7.41. The van der Waals surface area contributed by atoms with Crippen LogP contribution in [0.15, 0.2) is 17.5 Å². The molecular formula is C15H19N3OS2. The van der Waals surface area contributed by atoms with Crippen LogP contribution in [0.25, 0.3) is 9.88 Å². The van der Waals surface area contributed by atoms with Crippen LogP contribution < -0.4 is 10.6 Å². The van der Waals surface area contributed by atoms with Crippen molar-refractivity contribution in [3.05, 3.63) is 28.1 Å². The molecule has 3 heterocycles. The third-order valence-electron chi connectivity index (χ3n) is 3.69. The van der Waals surface area contributed by atoms with Gasteiger partial charge in [0.25, 0.3) is 5.91 Å². The van der Waals surface area contributed by atoms with Crippen molar-refractivity contribution < 1.29 is 4.79 Å². The Kier molecular flexibility index (Phi) is 4.37. The van der Waals surface area contributed by atoms with Crippen LogP contribution in [0.1, 0.15) is 35.1 Å². The first-order chi connectivity index (χ1) is 10.1. The number of rotatable bonds is 3. The van der Waals surface area contributed by atoms with E-state index in [0.29, 0.717) is 6.04 Å². The highest BCUT2D eigenvalue weighted by molar-refractivity contribution is 7.22. The summed E-state index contributed by atoms with van der Waals surface area (Å²) in [5, 5.41) is 9.53. The van der Waals surface area contributed by atoms with Crippen molar-refractivity contribution in [3.8, 4) is 9.88 Å². The maximum absolute atomic E-state index is 12.5. The molecular weight excluding hydrogens is 302 g/mol. The lowest BCUT2D eigenvalue weighted by Crippen LogP contribution is -2.46. The van der Waals surface area contributed by atoms with E-state index in [0.717, 1.165) is 39.8 Å². The Balaban J connectivity index is 1.73. The van der Waals surface area contributed by atoms with E-state index in [1.807, 2.05) is 24.4 Å². The molecule has 2 atom stereocenters. The molecule has 0 aromatic carbocycles. The van der Waals surface area contributed by atoms with Crippen molar-refractivity contribution in [2.75, 3.05) is 6.54 Å². The van der Waals surface area contributed by atoms with Crippen LogP contribution in [-0.4, -0.2) is 29.5 Å². The zero-order chi connectivity index (χ0) is 14.8. The van der Waals surface area contributed by atoms with Gasteiger partial charge in [0.1, 0.15) is 9.88 Å². The number of carbonyl (C=O) groups is 1. The van der Waals surface area contributed by atoms with Gasteiger partial charge >= 0.3 is 0 Å². The second-order valence-electron chi connectivity index (χ2n) is 5.46. The summed E-state index contributed by atoms with van der Waals surface area (Å²) in [6.45, 7) is 5.03. The minimum absolute atomic E-state index is 0.0203. The zero-order valence-electron chi connectivity index (χ0n) is 12.2. The van der Waals surface area contributed by atoms with Crippen LogP contribution in [0.4, 0.5) is 0 Å². The van der Waals surface area contributed by atoms with Crippen LogP contribution in [0, 0.1) is 6.92 Å². The van der Waals surface area contributed by atoms with Gasteiger partial charge in [0, 0.05) is 12.1 Å². The van der Waals surface area contributed by atoms with Crippen LogP contribution >= 0.6 is 22.7 Å². The second kappa shape index (κ2) is 6.25. The molecule has 1 aliphatic rings. The number of thiazole rings is 1. The van der Waals surface area contributed by atoms with E-state index in [9.17, 15) is 4.79 Å². The van der Waals surface area contributed by atoms with E-state index in [-0.39, 0.29) is 11.9 Å². The van der Waals surface area contributed by atoms with E-state index < -0.39 is 0 Å². The molecule has 1 aliphatic heterocycles. The minimum atomic E-state index is 0.0203. The molecule has 3 rings (SSSR count). The molecule has 4 nitrogen and oxygen atoms in total. The third-order valence-corrected chi connectivity index (χ3v) is 5.89. The van der Waals surface area contributed by atoms with Gasteiger partial charge in [-0.3, -0.25) is 4.79 Å². The molecule has 0 radical (unpaired) electrons. The Morgan fingerprint density at radius 3 is 3.10 bits per heavy atom. The summed E-state index contributed by atoms with van der Waals surface area (Å²) in [5.41, 5.74) is 0.822. The molecule has 0 aliphatic carbocycles. The van der Waals surface area contributed by atoms with Gasteiger partial charge in [-0.1, -0.05) is 6.07 Å². The van der Waals surface area contributed by atoms with Crippen molar-refractivity contribution in [2.24, 2.45) is 0 Å². The summed E-state index contributed by atoms with van der Waals surface area (Å²) in [5.74, 6) is 0.0203. The average molecular weight is 321 g/mol. The van der Waals surface area contributed by atoms with Crippen LogP contribution in [0.2, 0.25) is 0 Å². The number of nitrogens with zero attached hydrogens (tertiary/aromatic N) is 1. The molecule has 2 aromatic rings. The Hall–Kier alpha value is -1.24. The van der Waals surface area contributed by atoms with Crippen molar-refractivity contribution >= 4 is 28.6 Å². The molecule has 1 amide bonds. The lowest BCUT2D eigenvalue weighted by Gasteiger charge is -2.28. The third kappa shape index (κ3) is 3.33. The zero-order valence-corrected chi connectivity index (χ0v) is 13.8. The van der Waals surface area contributed by atoms with Crippen molar-refractivity contribution in [1.82, 2.24) is 15.6 Å². The fourth-order valence-electron chi connectivity index (χ4n) is 2.63. The molecule has 0 saturated carbocycles. The van der Waals surface area contributed by atoms with Gasteiger partial charge in [0.2, 0.25) is 0 Å². The highest BCUT2D eigenvalue weighted by Crippen LogP contribution is 2.31. The lowest BCUT2D eigenvalue weighted by atomic mass is 10.0. The minimum Gasteiger partial charge on any atom is -0.348 e. The number of carbonyl (C=O) groups excluding carboxylic acids is 1. The fourth-order valence-corrected chi connectivity index (χ4v) is 4.39. The normalized spacial score (nSPS) is 22.2. The highest BCUT2D eigenvalue weighted by Gasteiger charge is 2.23. The molecule has 1 saturated heterocycles. The average Bonchev–Trinajstić information content (AvgIpc) is 3.07. The predicted octanol–water partition coefficient (Wildman–Crippen LogP) is 3.05. The number of aryl methyl sites for hydroxylation is 1. The molecule has 0 bridgehead atoms. The number of piperidine rings is 1. The van der Waals surface area contributed by atoms with Crippen molar-refractivity contribution in [1.29, 1.82) is 0 Å². The topological polar surface area (TPSA) is 54.0 Å². The summed E-state index contributed by atoms with van der Waals surface area (Å²) in [7, 11) is 0. The summed E-state index contributed by atoms with van der Waals surface area (Å²) in [6, 6.07) is 4.78. The quantitative estimate of drug-likeness (QED) is 0.913. The maximum atomic E-state index is 12.5. The van der Waals surface area contributed by atoms with Crippen LogP contribution in [-0.2, 0) is 0 Å². The Bertz CT molecular complexity index is 621. The van der Waals surface area contributed by atoms with Gasteiger partial charge in [-0.05, 0) is 44.7 Å². The van der Waals surface area contributed by atoms with Gasteiger partial charge in [-0.2, -0.15) is 0 Å². The van der Waals surface area contributed by atoms with E-state index in [1.54, 1.807) is 11.3 Å². The van der Waals surface area contributed by atoms with Gasteiger partial charge in [-0.25, -0.2) is 4.98 Å². The SMILES string of the molecule is Cc1nc(-c2cccs2)sc1C(=O)NC1CCNC(C)C1. The number of aromatic nitrogens is 1. The molecule has 0 spiro atoms. The van der Waals surface area contributed by atoms with E-state index in [2.05, 4.69) is 22.5 Å². The fraction of sp³-hybridized carbons (Fsp3) is 0.467. The first-order valence-electron chi connectivity index (χ1n) is 7.19. The summed E-state index contributed by atoms with van der Waals surface area (Å²) in [6.07, 6.45) is 1.98. The molecule has 112 valence electrons. The highest BCUT2D eigenvalue weighted by atomic mass is 32.1. The van der Waals surface area contributed by atoms with Gasteiger partial charge in [0.05, 0.1) is 10.6 Å². The monoisotopic (exact) mass is 321 g/mol. The first-order valence-corrected chi connectivity index (χ1v) is 8.88. The molecule has 1 fully saturated rings. The summed E-state index contributed by atoms with van der Waals surface area (Å²) < 4.78 is 0. The largest absolute Gasteiger partial charge is 0.348 e. The van der Waals surface area contributed by atoms with Gasteiger partial charge in [0.15, 0.2) is 0 Å². The van der Waals surface area contributed by atoms with Crippen LogP contribution in [0.3, 0.4) is 0 Å². The lowest BCUT2D eigenvalue weighted by molar-refractivity contribution is 0.0929. The number of hydrogen-bond donors (Lipinski definition) is 2. The molecule has 21 heavy (non-hydrogen) atoms. The van der Waals surface area contributed by atoms with E-state index in [1.165, 1.54) is 11.3 Å². The van der Waals surface area contributed by atoms with Crippen molar-refractivity contribution in [3.63, 3.8) is 0 Å². The molecule has 2 unspecified atom stereocenters. The Morgan fingerprint density at radius 1 is 1.52 bits per heavy atom. The smallest absolute Gasteiger partial charge is 0.263 e. The Morgan fingerprint density at radius 2 is 2.38 bits per heavy atom. The number of thiophene rings is 1. The van der Waals surface area contributed by atoms with E-state index >= 15 is 0 Å². The summed E-state index contributed by atoms with van der Waals surface area (Å²) in [4.78, 5) is 18.9. The number of hydrogen-bond acceptors (Lipinski definition) is 5. The molecule has 2 N–H and O–H groups in total. The van der Waals surface area contributed by atoms with Gasteiger partial charge in [-0.15, -0.1) is 22.7 Å². The van der Waals surface area contributed by atoms with E-state index in [4.69, 9.17) is 0 Å². The molecule has 6 heteroatoms. The van der Waals surface area contributed by atoms with Crippen LogP contribution in [0.5, 0.6) is 0 Å². The van der Waals surface area contributed by atoms with Crippen molar-refractivity contribution in [2.45, 2.75) is 38.8 Å². The maximum Gasteiger partial charge on any atom is 0.263 e. The first kappa shape index (κ1) is 14.7.